The van der Waals surface area contributed by atoms with Gasteiger partial charge in [0.25, 0.3) is 5.91 Å². The Bertz CT molecular complexity index is 1100. The van der Waals surface area contributed by atoms with Crippen LogP contribution >= 0.6 is 22.9 Å². The maximum atomic E-state index is 14.2. The van der Waals surface area contributed by atoms with E-state index in [9.17, 15) is 19.1 Å². The minimum Gasteiger partial charge on any atom is -0.481 e. The first-order chi connectivity index (χ1) is 12.8. The van der Waals surface area contributed by atoms with Gasteiger partial charge in [0, 0.05) is 5.02 Å². The van der Waals surface area contributed by atoms with Crippen molar-refractivity contribution in [2.24, 2.45) is 0 Å². The van der Waals surface area contributed by atoms with Crippen LogP contribution in [0.1, 0.15) is 13.3 Å². The largest absolute Gasteiger partial charge is 0.481 e. The van der Waals surface area contributed by atoms with E-state index < -0.39 is 29.7 Å². The van der Waals surface area contributed by atoms with Crippen LogP contribution in [0.5, 0.6) is 5.75 Å². The third kappa shape index (κ3) is 2.90. The molecule has 0 radical (unpaired) electrons. The molecule has 1 aromatic heterocycles. The number of aliphatic carboxylic acids is 1. The molecule has 1 amide bonds. The Labute approximate surface area is 161 Å². The minimum absolute atomic E-state index is 0.196. The summed E-state index contributed by atoms with van der Waals surface area (Å²) >= 11 is 6.87. The molecule has 138 valence electrons. The number of ether oxygens (including phenoxy) is 1. The topological polar surface area (TPSA) is 79.7 Å². The fourth-order valence-electron chi connectivity index (χ4n) is 2.99. The number of carbonyl (C=O) groups is 2. The molecule has 6 nitrogen and oxygen atoms in total. The number of halogens is 2. The summed E-state index contributed by atoms with van der Waals surface area (Å²) in [4.78, 5) is 30.1. The van der Waals surface area contributed by atoms with Gasteiger partial charge in [-0.25, -0.2) is 14.3 Å². The molecule has 1 atom stereocenters. The summed E-state index contributed by atoms with van der Waals surface area (Å²) in [6.45, 7) is 1.41. The Hall–Kier alpha value is -2.71. The van der Waals surface area contributed by atoms with Gasteiger partial charge in [-0.1, -0.05) is 35.1 Å². The van der Waals surface area contributed by atoms with E-state index in [2.05, 4.69) is 4.98 Å². The molecule has 3 aromatic rings. The van der Waals surface area contributed by atoms with Crippen LogP contribution in [0.2, 0.25) is 5.02 Å². The smallest absolute Gasteiger partial charge is 0.307 e. The number of amides is 1. The van der Waals surface area contributed by atoms with Crippen LogP contribution in [-0.4, -0.2) is 27.6 Å². The van der Waals surface area contributed by atoms with Gasteiger partial charge in [-0.15, -0.1) is 0 Å². The zero-order valence-corrected chi connectivity index (χ0v) is 15.5. The quantitative estimate of drug-likeness (QED) is 0.698. The van der Waals surface area contributed by atoms with Gasteiger partial charge >= 0.3 is 5.97 Å². The third-order valence-electron chi connectivity index (χ3n) is 4.17. The molecule has 1 unspecified atom stereocenters. The highest BCUT2D eigenvalue weighted by Gasteiger charge is 2.47. The lowest BCUT2D eigenvalue weighted by atomic mass is 9.97. The van der Waals surface area contributed by atoms with Crippen molar-refractivity contribution in [3.05, 3.63) is 47.2 Å². The molecule has 0 saturated heterocycles. The molecule has 1 N–H and O–H groups in total. The van der Waals surface area contributed by atoms with Crippen molar-refractivity contribution in [1.29, 1.82) is 0 Å². The summed E-state index contributed by atoms with van der Waals surface area (Å²) in [6.07, 6.45) is -0.526. The number of aromatic nitrogens is 1. The van der Waals surface area contributed by atoms with Crippen LogP contribution < -0.4 is 9.64 Å². The first-order valence-corrected chi connectivity index (χ1v) is 9.08. The molecule has 0 bridgehead atoms. The van der Waals surface area contributed by atoms with Crippen molar-refractivity contribution in [2.75, 3.05) is 4.90 Å². The lowest BCUT2D eigenvalue weighted by molar-refractivity contribution is -0.148. The SMILES string of the molecule is CC1(CC(=O)O)Oc2ccccc2N(c2nc3cc(Cl)cc(F)c3s2)C1=O. The summed E-state index contributed by atoms with van der Waals surface area (Å²) in [5.74, 6) is -1.95. The van der Waals surface area contributed by atoms with Gasteiger partial charge in [-0.05, 0) is 31.2 Å². The van der Waals surface area contributed by atoms with Crippen molar-refractivity contribution >= 4 is 55.8 Å². The second kappa shape index (κ2) is 6.17. The summed E-state index contributed by atoms with van der Waals surface area (Å²) in [6, 6.07) is 9.41. The maximum absolute atomic E-state index is 14.2. The first kappa shape index (κ1) is 17.7. The standard InChI is InChI=1S/C18H12ClFN2O4S/c1-18(8-14(23)24)16(25)22(12-4-2-3-5-13(12)26-18)17-21-11-7-9(19)6-10(20)15(11)27-17/h2-7H,8H2,1H3,(H,23,24). The molecule has 1 aliphatic heterocycles. The molecule has 27 heavy (non-hydrogen) atoms. The predicted molar refractivity (Wildman–Crippen MR) is 99.5 cm³/mol. The molecule has 1 aliphatic rings. The Morgan fingerprint density at radius 2 is 2.15 bits per heavy atom. The van der Waals surface area contributed by atoms with Crippen molar-refractivity contribution in [2.45, 2.75) is 18.9 Å². The normalized spacial score (nSPS) is 19.1. The van der Waals surface area contributed by atoms with E-state index in [1.807, 2.05) is 0 Å². The average Bonchev–Trinajstić information content (AvgIpc) is 2.99. The maximum Gasteiger partial charge on any atom is 0.307 e. The highest BCUT2D eigenvalue weighted by atomic mass is 35.5. The van der Waals surface area contributed by atoms with Crippen molar-refractivity contribution in [3.8, 4) is 5.75 Å². The minimum atomic E-state index is -1.62. The fraction of sp³-hybridized carbons (Fsp3) is 0.167. The number of carboxylic acid groups (broad SMARTS) is 1. The van der Waals surface area contributed by atoms with Crippen LogP contribution in [-0.2, 0) is 9.59 Å². The van der Waals surface area contributed by atoms with E-state index in [-0.39, 0.29) is 14.9 Å². The summed E-state index contributed by atoms with van der Waals surface area (Å²) < 4.78 is 20.2. The van der Waals surface area contributed by atoms with Crippen LogP contribution in [0.15, 0.2) is 36.4 Å². The molecule has 0 aliphatic carbocycles. The monoisotopic (exact) mass is 406 g/mol. The van der Waals surface area contributed by atoms with Gasteiger partial charge in [-0.3, -0.25) is 9.59 Å². The van der Waals surface area contributed by atoms with E-state index in [4.69, 9.17) is 16.3 Å². The van der Waals surface area contributed by atoms with E-state index in [0.717, 1.165) is 11.3 Å². The number of rotatable bonds is 3. The average molecular weight is 407 g/mol. The number of thiazole rings is 1. The number of hydrogen-bond donors (Lipinski definition) is 1. The summed E-state index contributed by atoms with van der Waals surface area (Å²) in [5, 5.41) is 9.61. The predicted octanol–water partition coefficient (Wildman–Crippen LogP) is 4.38. The molecule has 2 heterocycles. The van der Waals surface area contributed by atoms with Crippen LogP contribution in [0.3, 0.4) is 0 Å². The number of hydrogen-bond acceptors (Lipinski definition) is 5. The Kier molecular flexibility index (Phi) is 4.05. The lowest BCUT2D eigenvalue weighted by Gasteiger charge is -2.38. The second-order valence-electron chi connectivity index (χ2n) is 6.24. The molecule has 4 rings (SSSR count). The van der Waals surface area contributed by atoms with Gasteiger partial charge in [-0.2, -0.15) is 0 Å². The van der Waals surface area contributed by atoms with Gasteiger partial charge in [0.2, 0.25) is 0 Å². The molecule has 9 heteroatoms. The zero-order valence-electron chi connectivity index (χ0n) is 13.9. The molecular weight excluding hydrogens is 395 g/mol. The highest BCUT2D eigenvalue weighted by Crippen LogP contribution is 2.45. The third-order valence-corrected chi connectivity index (χ3v) is 5.46. The van der Waals surface area contributed by atoms with E-state index in [0.29, 0.717) is 17.0 Å². The van der Waals surface area contributed by atoms with Crippen LogP contribution in [0.4, 0.5) is 15.2 Å². The van der Waals surface area contributed by atoms with Crippen LogP contribution in [0.25, 0.3) is 10.2 Å². The van der Waals surface area contributed by atoms with Crippen molar-refractivity contribution in [1.82, 2.24) is 4.98 Å². The van der Waals surface area contributed by atoms with Crippen molar-refractivity contribution in [3.63, 3.8) is 0 Å². The highest BCUT2D eigenvalue weighted by molar-refractivity contribution is 7.22. The van der Waals surface area contributed by atoms with Gasteiger partial charge < -0.3 is 9.84 Å². The van der Waals surface area contributed by atoms with Crippen molar-refractivity contribution < 1.29 is 23.8 Å². The molecule has 2 aromatic carbocycles. The summed E-state index contributed by atoms with van der Waals surface area (Å²) in [5.41, 5.74) is -0.888. The molecule has 0 saturated carbocycles. The summed E-state index contributed by atoms with van der Waals surface area (Å²) in [7, 11) is 0. The van der Waals surface area contributed by atoms with Gasteiger partial charge in [0.05, 0.1) is 22.3 Å². The number of para-hydroxylation sites is 2. The van der Waals surface area contributed by atoms with Crippen LogP contribution in [0, 0.1) is 5.82 Å². The number of benzene rings is 2. The molecular formula is C18H12ClFN2O4S. The molecule has 0 spiro atoms. The van der Waals surface area contributed by atoms with E-state index in [1.54, 1.807) is 24.3 Å². The number of carbonyl (C=O) groups excluding carboxylic acids is 1. The van der Waals surface area contributed by atoms with E-state index in [1.165, 1.54) is 24.0 Å². The second-order valence-corrected chi connectivity index (χ2v) is 7.66. The van der Waals surface area contributed by atoms with Gasteiger partial charge in [0.15, 0.2) is 10.7 Å². The van der Waals surface area contributed by atoms with Gasteiger partial charge in [0.1, 0.15) is 11.6 Å². The number of fused-ring (bicyclic) bond motifs is 2. The molecule has 0 fully saturated rings. The number of anilines is 2. The number of nitrogens with zero attached hydrogens (tertiary/aromatic N) is 2. The number of carboxylic acids is 1. The zero-order chi connectivity index (χ0) is 19.3. The lowest BCUT2D eigenvalue weighted by Crippen LogP contribution is -2.53. The first-order valence-electron chi connectivity index (χ1n) is 7.88. The Morgan fingerprint density at radius 1 is 1.41 bits per heavy atom. The Balaban J connectivity index is 1.91. The van der Waals surface area contributed by atoms with E-state index >= 15 is 0 Å². The Morgan fingerprint density at radius 3 is 2.89 bits per heavy atom. The fourth-order valence-corrected chi connectivity index (χ4v) is 4.16.